The minimum absolute atomic E-state index is 0.0861. The Morgan fingerprint density at radius 1 is 1.11 bits per heavy atom. The third-order valence-electron chi connectivity index (χ3n) is 4.46. The molecule has 2 heterocycles. The van der Waals surface area contributed by atoms with E-state index in [1.54, 1.807) is 12.4 Å². The SMILES string of the molecule is CC(C)NC(=O)c1cnc(N2CCN(C/C=C/c3ccccc3)CC2)cn1. The van der Waals surface area contributed by atoms with Crippen LogP contribution in [0, 0.1) is 0 Å². The molecule has 1 aliphatic rings. The van der Waals surface area contributed by atoms with Crippen LogP contribution in [0.3, 0.4) is 0 Å². The summed E-state index contributed by atoms with van der Waals surface area (Å²) >= 11 is 0. The quantitative estimate of drug-likeness (QED) is 0.852. The maximum Gasteiger partial charge on any atom is 0.271 e. The van der Waals surface area contributed by atoms with Crippen LogP contribution >= 0.6 is 0 Å². The lowest BCUT2D eigenvalue weighted by molar-refractivity contribution is 0.0937. The Morgan fingerprint density at radius 2 is 1.85 bits per heavy atom. The van der Waals surface area contributed by atoms with Crippen LogP contribution in [0.15, 0.2) is 48.8 Å². The van der Waals surface area contributed by atoms with E-state index in [-0.39, 0.29) is 11.9 Å². The van der Waals surface area contributed by atoms with Crippen LogP contribution in [0.2, 0.25) is 0 Å². The van der Waals surface area contributed by atoms with Crippen molar-refractivity contribution >= 4 is 17.8 Å². The number of hydrogen-bond acceptors (Lipinski definition) is 5. The molecular formula is C21H27N5O. The molecule has 1 saturated heterocycles. The molecule has 1 aromatic carbocycles. The van der Waals surface area contributed by atoms with E-state index in [1.165, 1.54) is 5.56 Å². The molecule has 0 aliphatic carbocycles. The average Bonchev–Trinajstić information content (AvgIpc) is 2.69. The Kier molecular flexibility index (Phi) is 6.54. The summed E-state index contributed by atoms with van der Waals surface area (Å²) in [5.74, 6) is 0.648. The lowest BCUT2D eigenvalue weighted by Crippen LogP contribution is -2.46. The van der Waals surface area contributed by atoms with Crippen LogP contribution in [0.4, 0.5) is 5.82 Å². The molecule has 0 radical (unpaired) electrons. The summed E-state index contributed by atoms with van der Waals surface area (Å²) in [6.45, 7) is 8.58. The Labute approximate surface area is 160 Å². The van der Waals surface area contributed by atoms with Crippen molar-refractivity contribution in [3.8, 4) is 0 Å². The molecule has 0 spiro atoms. The normalized spacial score (nSPS) is 15.4. The number of benzene rings is 1. The molecule has 1 aromatic heterocycles. The first-order valence-corrected chi connectivity index (χ1v) is 9.43. The topological polar surface area (TPSA) is 61.4 Å². The largest absolute Gasteiger partial charge is 0.353 e. The van der Waals surface area contributed by atoms with Crippen molar-refractivity contribution in [2.45, 2.75) is 19.9 Å². The summed E-state index contributed by atoms with van der Waals surface area (Å²) in [6.07, 6.45) is 7.63. The summed E-state index contributed by atoms with van der Waals surface area (Å²) in [5.41, 5.74) is 1.59. The van der Waals surface area contributed by atoms with Gasteiger partial charge in [-0.25, -0.2) is 9.97 Å². The zero-order chi connectivity index (χ0) is 19.1. The van der Waals surface area contributed by atoms with E-state index >= 15 is 0 Å². The maximum absolute atomic E-state index is 11.9. The highest BCUT2D eigenvalue weighted by atomic mass is 16.1. The highest BCUT2D eigenvalue weighted by molar-refractivity contribution is 5.92. The van der Waals surface area contributed by atoms with Gasteiger partial charge in [0, 0.05) is 38.8 Å². The molecule has 0 saturated carbocycles. The first kappa shape index (κ1) is 19.0. The summed E-state index contributed by atoms with van der Waals surface area (Å²) < 4.78 is 0. The number of carbonyl (C=O) groups excluding carboxylic acids is 1. The summed E-state index contributed by atoms with van der Waals surface area (Å²) in [7, 11) is 0. The Morgan fingerprint density at radius 3 is 2.48 bits per heavy atom. The number of aromatic nitrogens is 2. The molecule has 1 fully saturated rings. The first-order valence-electron chi connectivity index (χ1n) is 9.43. The minimum atomic E-state index is -0.181. The van der Waals surface area contributed by atoms with Crippen molar-refractivity contribution in [2.75, 3.05) is 37.6 Å². The number of nitrogens with one attached hydrogen (secondary N) is 1. The number of carbonyl (C=O) groups is 1. The van der Waals surface area contributed by atoms with Crippen LogP contribution in [0.1, 0.15) is 29.9 Å². The van der Waals surface area contributed by atoms with Crippen LogP contribution in [0.5, 0.6) is 0 Å². The summed E-state index contributed by atoms with van der Waals surface area (Å²) in [4.78, 5) is 25.3. The fourth-order valence-corrected chi connectivity index (χ4v) is 3.00. The van der Waals surface area contributed by atoms with Crippen molar-refractivity contribution in [1.29, 1.82) is 0 Å². The molecular weight excluding hydrogens is 338 g/mol. The van der Waals surface area contributed by atoms with E-state index in [0.29, 0.717) is 5.69 Å². The summed E-state index contributed by atoms with van der Waals surface area (Å²) in [5, 5.41) is 2.83. The fraction of sp³-hybridized carbons (Fsp3) is 0.381. The Hall–Kier alpha value is -2.73. The van der Waals surface area contributed by atoms with Crippen LogP contribution in [-0.4, -0.2) is 59.5 Å². The number of hydrogen-bond donors (Lipinski definition) is 1. The van der Waals surface area contributed by atoms with Gasteiger partial charge >= 0.3 is 0 Å². The molecule has 1 amide bonds. The third-order valence-corrected chi connectivity index (χ3v) is 4.46. The second-order valence-corrected chi connectivity index (χ2v) is 6.99. The number of piperazine rings is 1. The standard InChI is InChI=1S/C21H27N5O/c1-17(2)24-21(27)19-15-23-20(16-22-19)26-13-11-25(12-14-26)10-6-9-18-7-4-3-5-8-18/h3-9,15-17H,10-14H2,1-2H3,(H,24,27)/b9-6+. The maximum atomic E-state index is 11.9. The zero-order valence-electron chi connectivity index (χ0n) is 16.0. The van der Waals surface area contributed by atoms with Gasteiger partial charge in [-0.15, -0.1) is 0 Å². The Bertz CT molecular complexity index is 750. The van der Waals surface area contributed by atoms with Gasteiger partial charge in [0.25, 0.3) is 5.91 Å². The smallest absolute Gasteiger partial charge is 0.271 e. The number of nitrogens with zero attached hydrogens (tertiary/aromatic N) is 4. The van der Waals surface area contributed by atoms with Gasteiger partial charge in [-0.3, -0.25) is 9.69 Å². The molecule has 0 unspecified atom stereocenters. The molecule has 6 nitrogen and oxygen atoms in total. The molecule has 6 heteroatoms. The van der Waals surface area contributed by atoms with E-state index in [2.05, 4.69) is 61.5 Å². The van der Waals surface area contributed by atoms with Gasteiger partial charge in [0.05, 0.1) is 12.4 Å². The lowest BCUT2D eigenvalue weighted by atomic mass is 10.2. The van der Waals surface area contributed by atoms with Gasteiger partial charge in [0.2, 0.25) is 0 Å². The highest BCUT2D eigenvalue weighted by Crippen LogP contribution is 2.13. The average molecular weight is 365 g/mol. The van der Waals surface area contributed by atoms with E-state index in [4.69, 9.17) is 0 Å². The molecule has 1 aliphatic heterocycles. The van der Waals surface area contributed by atoms with Crippen LogP contribution < -0.4 is 10.2 Å². The number of amides is 1. The predicted octanol–water partition coefficient (Wildman–Crippen LogP) is 2.45. The molecule has 0 atom stereocenters. The second kappa shape index (κ2) is 9.28. The minimum Gasteiger partial charge on any atom is -0.353 e. The monoisotopic (exact) mass is 365 g/mol. The highest BCUT2D eigenvalue weighted by Gasteiger charge is 2.18. The lowest BCUT2D eigenvalue weighted by Gasteiger charge is -2.34. The van der Waals surface area contributed by atoms with Crippen molar-refractivity contribution in [1.82, 2.24) is 20.2 Å². The van der Waals surface area contributed by atoms with Crippen LogP contribution in [0.25, 0.3) is 6.08 Å². The molecule has 2 aromatic rings. The van der Waals surface area contributed by atoms with Crippen molar-refractivity contribution in [3.63, 3.8) is 0 Å². The molecule has 3 rings (SSSR count). The number of rotatable bonds is 6. The van der Waals surface area contributed by atoms with E-state index < -0.39 is 0 Å². The van der Waals surface area contributed by atoms with Gasteiger partial charge in [0.15, 0.2) is 0 Å². The Balaban J connectivity index is 1.47. The molecule has 0 bridgehead atoms. The van der Waals surface area contributed by atoms with Crippen LogP contribution in [-0.2, 0) is 0 Å². The van der Waals surface area contributed by atoms with E-state index in [1.807, 2.05) is 19.9 Å². The molecule has 27 heavy (non-hydrogen) atoms. The van der Waals surface area contributed by atoms with Gasteiger partial charge in [0.1, 0.15) is 11.5 Å². The van der Waals surface area contributed by atoms with Gasteiger partial charge in [-0.2, -0.15) is 0 Å². The van der Waals surface area contributed by atoms with Crippen molar-refractivity contribution < 1.29 is 4.79 Å². The van der Waals surface area contributed by atoms with Gasteiger partial charge < -0.3 is 10.2 Å². The zero-order valence-corrected chi connectivity index (χ0v) is 16.0. The summed E-state index contributed by atoms with van der Waals surface area (Å²) in [6, 6.07) is 10.4. The van der Waals surface area contributed by atoms with E-state index in [0.717, 1.165) is 38.5 Å². The molecule has 142 valence electrons. The van der Waals surface area contributed by atoms with E-state index in [9.17, 15) is 4.79 Å². The van der Waals surface area contributed by atoms with Gasteiger partial charge in [-0.05, 0) is 19.4 Å². The predicted molar refractivity (Wildman–Crippen MR) is 109 cm³/mol. The first-order chi connectivity index (χ1) is 13.1. The second-order valence-electron chi connectivity index (χ2n) is 6.99. The van der Waals surface area contributed by atoms with Crippen molar-refractivity contribution in [3.05, 3.63) is 60.1 Å². The fourth-order valence-electron chi connectivity index (χ4n) is 3.00. The molecule has 1 N–H and O–H groups in total. The van der Waals surface area contributed by atoms with Crippen molar-refractivity contribution in [2.24, 2.45) is 0 Å². The van der Waals surface area contributed by atoms with Gasteiger partial charge in [-0.1, -0.05) is 42.5 Å². The number of anilines is 1. The third kappa shape index (κ3) is 5.62.